The lowest BCUT2D eigenvalue weighted by Crippen LogP contribution is -2.35. The highest BCUT2D eigenvalue weighted by atomic mass is 35.5. The normalized spacial score (nSPS) is 10.1. The van der Waals surface area contributed by atoms with Crippen LogP contribution in [-0.2, 0) is 4.79 Å². The van der Waals surface area contributed by atoms with Crippen LogP contribution in [-0.4, -0.2) is 28.6 Å². The van der Waals surface area contributed by atoms with Crippen molar-refractivity contribution >= 4 is 29.2 Å². The molecule has 1 amide bonds. The number of benzene rings is 2. The SMILES string of the molecule is O=C(O)CN(C(=O)c1cccc(O)c1)c1ccc(Cl)cc1. The van der Waals surface area contributed by atoms with E-state index in [0.29, 0.717) is 10.7 Å². The number of hydrogen-bond acceptors (Lipinski definition) is 3. The lowest BCUT2D eigenvalue weighted by molar-refractivity contribution is -0.135. The molecule has 5 nitrogen and oxygen atoms in total. The standard InChI is InChI=1S/C15H12ClNO4/c16-11-4-6-12(7-5-11)17(9-14(19)20)15(21)10-2-1-3-13(18)8-10/h1-8,18H,9H2,(H,19,20). The van der Waals surface area contributed by atoms with Gasteiger partial charge in [-0.15, -0.1) is 0 Å². The van der Waals surface area contributed by atoms with Gasteiger partial charge in [-0.3, -0.25) is 14.5 Å². The summed E-state index contributed by atoms with van der Waals surface area (Å²) in [5.74, 6) is -1.72. The maximum atomic E-state index is 12.4. The van der Waals surface area contributed by atoms with Gasteiger partial charge in [-0.25, -0.2) is 0 Å². The van der Waals surface area contributed by atoms with Gasteiger partial charge in [-0.1, -0.05) is 17.7 Å². The first-order valence-corrected chi connectivity index (χ1v) is 6.43. The number of carboxylic acid groups (broad SMARTS) is 1. The molecule has 0 aromatic heterocycles. The van der Waals surface area contributed by atoms with Crippen LogP contribution >= 0.6 is 11.6 Å². The van der Waals surface area contributed by atoms with Gasteiger partial charge in [-0.05, 0) is 42.5 Å². The molecule has 0 bridgehead atoms. The zero-order chi connectivity index (χ0) is 15.4. The van der Waals surface area contributed by atoms with E-state index in [4.69, 9.17) is 16.7 Å². The lowest BCUT2D eigenvalue weighted by Gasteiger charge is -2.21. The summed E-state index contributed by atoms with van der Waals surface area (Å²) in [6, 6.07) is 12.0. The fourth-order valence-corrected chi connectivity index (χ4v) is 1.96. The van der Waals surface area contributed by atoms with Crippen molar-refractivity contribution in [3.05, 3.63) is 59.1 Å². The third-order valence-electron chi connectivity index (χ3n) is 2.77. The first kappa shape index (κ1) is 14.9. The van der Waals surface area contributed by atoms with Gasteiger partial charge in [0.2, 0.25) is 0 Å². The minimum absolute atomic E-state index is 0.0627. The monoisotopic (exact) mass is 305 g/mol. The minimum Gasteiger partial charge on any atom is -0.508 e. The van der Waals surface area contributed by atoms with Gasteiger partial charge >= 0.3 is 5.97 Å². The Bertz CT molecular complexity index is 670. The van der Waals surface area contributed by atoms with Crippen molar-refractivity contribution in [1.29, 1.82) is 0 Å². The number of phenolic OH excluding ortho intramolecular Hbond substituents is 1. The molecule has 0 fully saturated rings. The van der Waals surface area contributed by atoms with Gasteiger partial charge < -0.3 is 10.2 Å². The molecule has 0 spiro atoms. The molecular weight excluding hydrogens is 294 g/mol. The maximum absolute atomic E-state index is 12.4. The molecule has 0 aliphatic carbocycles. The van der Waals surface area contributed by atoms with Crippen LogP contribution < -0.4 is 4.90 Å². The second kappa shape index (κ2) is 6.28. The van der Waals surface area contributed by atoms with E-state index in [1.165, 1.54) is 24.3 Å². The summed E-state index contributed by atoms with van der Waals surface area (Å²) in [4.78, 5) is 24.5. The molecule has 2 aromatic rings. The third-order valence-corrected chi connectivity index (χ3v) is 3.02. The highest BCUT2D eigenvalue weighted by molar-refractivity contribution is 6.30. The Hall–Kier alpha value is -2.53. The average Bonchev–Trinajstić information content (AvgIpc) is 2.45. The molecule has 0 aliphatic heterocycles. The molecule has 0 atom stereocenters. The van der Waals surface area contributed by atoms with Crippen molar-refractivity contribution in [2.75, 3.05) is 11.4 Å². The van der Waals surface area contributed by atoms with E-state index in [0.717, 1.165) is 4.90 Å². The van der Waals surface area contributed by atoms with Crippen LogP contribution in [0.3, 0.4) is 0 Å². The number of carbonyl (C=O) groups is 2. The second-order valence-corrected chi connectivity index (χ2v) is 4.75. The number of nitrogens with zero attached hydrogens (tertiary/aromatic N) is 1. The van der Waals surface area contributed by atoms with E-state index in [1.807, 2.05) is 0 Å². The number of hydrogen-bond donors (Lipinski definition) is 2. The van der Waals surface area contributed by atoms with Gasteiger partial charge in [0.15, 0.2) is 0 Å². The topological polar surface area (TPSA) is 77.8 Å². The number of aliphatic carboxylic acids is 1. The highest BCUT2D eigenvalue weighted by Crippen LogP contribution is 2.21. The van der Waals surface area contributed by atoms with Gasteiger partial charge in [-0.2, -0.15) is 0 Å². The predicted molar refractivity (Wildman–Crippen MR) is 78.9 cm³/mol. The van der Waals surface area contributed by atoms with Crippen LogP contribution in [0.5, 0.6) is 5.75 Å². The van der Waals surface area contributed by atoms with Gasteiger partial charge in [0.25, 0.3) is 5.91 Å². The molecular formula is C15H12ClNO4. The number of rotatable bonds is 4. The maximum Gasteiger partial charge on any atom is 0.323 e. The van der Waals surface area contributed by atoms with Crippen LogP contribution in [0.2, 0.25) is 5.02 Å². The van der Waals surface area contributed by atoms with Gasteiger partial charge in [0.05, 0.1) is 0 Å². The number of amides is 1. The van der Waals surface area contributed by atoms with E-state index >= 15 is 0 Å². The van der Waals surface area contributed by atoms with E-state index in [9.17, 15) is 14.7 Å². The van der Waals surface area contributed by atoms with Crippen LogP contribution in [0.25, 0.3) is 0 Å². The van der Waals surface area contributed by atoms with Crippen LogP contribution in [0.4, 0.5) is 5.69 Å². The molecule has 2 N–H and O–H groups in total. The number of aromatic hydroxyl groups is 1. The van der Waals surface area contributed by atoms with Crippen molar-refractivity contribution in [1.82, 2.24) is 0 Å². The summed E-state index contributed by atoms with van der Waals surface area (Å²) in [6.07, 6.45) is 0. The van der Waals surface area contributed by atoms with Crippen molar-refractivity contribution in [3.8, 4) is 5.75 Å². The summed E-state index contributed by atoms with van der Waals surface area (Å²) in [7, 11) is 0. The number of halogens is 1. The molecule has 0 heterocycles. The summed E-state index contributed by atoms with van der Waals surface area (Å²) in [5, 5.41) is 18.9. The lowest BCUT2D eigenvalue weighted by atomic mass is 10.1. The Labute approximate surface area is 126 Å². The summed E-state index contributed by atoms with van der Waals surface area (Å²) in [5.41, 5.74) is 0.612. The quantitative estimate of drug-likeness (QED) is 0.910. The molecule has 0 unspecified atom stereocenters. The summed E-state index contributed by atoms with van der Waals surface area (Å²) < 4.78 is 0. The summed E-state index contributed by atoms with van der Waals surface area (Å²) >= 11 is 5.79. The van der Waals surface area contributed by atoms with Crippen LogP contribution in [0.15, 0.2) is 48.5 Å². The molecule has 6 heteroatoms. The third kappa shape index (κ3) is 3.73. The van der Waals surface area contributed by atoms with Crippen molar-refractivity contribution < 1.29 is 19.8 Å². The Morgan fingerprint density at radius 2 is 1.76 bits per heavy atom. The van der Waals surface area contributed by atoms with Crippen molar-refractivity contribution in [2.45, 2.75) is 0 Å². The molecule has 0 radical (unpaired) electrons. The molecule has 0 saturated heterocycles. The minimum atomic E-state index is -1.14. The summed E-state index contributed by atoms with van der Waals surface area (Å²) in [6.45, 7) is -0.490. The van der Waals surface area contributed by atoms with E-state index < -0.39 is 18.4 Å². The van der Waals surface area contributed by atoms with Crippen LogP contribution in [0, 0.1) is 0 Å². The Morgan fingerprint density at radius 3 is 2.33 bits per heavy atom. The number of anilines is 1. The Balaban J connectivity index is 2.38. The Kier molecular flexibility index (Phi) is 4.45. The highest BCUT2D eigenvalue weighted by Gasteiger charge is 2.20. The number of carbonyl (C=O) groups excluding carboxylic acids is 1. The van der Waals surface area contributed by atoms with E-state index in [2.05, 4.69) is 0 Å². The predicted octanol–water partition coefficient (Wildman–Crippen LogP) is 2.78. The van der Waals surface area contributed by atoms with Crippen molar-refractivity contribution in [2.24, 2.45) is 0 Å². The molecule has 21 heavy (non-hydrogen) atoms. The fourth-order valence-electron chi connectivity index (χ4n) is 1.83. The fraction of sp³-hybridized carbons (Fsp3) is 0.0667. The molecule has 0 saturated carbocycles. The number of carboxylic acids is 1. The Morgan fingerprint density at radius 1 is 1.10 bits per heavy atom. The van der Waals surface area contributed by atoms with Crippen LogP contribution in [0.1, 0.15) is 10.4 Å². The van der Waals surface area contributed by atoms with E-state index in [1.54, 1.807) is 24.3 Å². The zero-order valence-corrected chi connectivity index (χ0v) is 11.6. The molecule has 2 aromatic carbocycles. The smallest absolute Gasteiger partial charge is 0.323 e. The number of phenols is 1. The molecule has 0 aliphatic rings. The zero-order valence-electron chi connectivity index (χ0n) is 10.9. The first-order valence-electron chi connectivity index (χ1n) is 6.05. The van der Waals surface area contributed by atoms with E-state index in [-0.39, 0.29) is 11.3 Å². The molecule has 108 valence electrons. The van der Waals surface area contributed by atoms with Gasteiger partial charge in [0.1, 0.15) is 12.3 Å². The largest absolute Gasteiger partial charge is 0.508 e. The average molecular weight is 306 g/mol. The van der Waals surface area contributed by atoms with Gasteiger partial charge in [0, 0.05) is 16.3 Å². The molecule has 2 rings (SSSR count). The first-order chi connectivity index (χ1) is 9.97. The second-order valence-electron chi connectivity index (χ2n) is 4.31. The van der Waals surface area contributed by atoms with Crippen molar-refractivity contribution in [3.63, 3.8) is 0 Å².